The molecular formula is C29H33N2O7P. The Morgan fingerprint density at radius 1 is 1.05 bits per heavy atom. The van der Waals surface area contributed by atoms with Crippen LogP contribution in [-0.2, 0) is 47.5 Å². The minimum atomic E-state index is -4.68. The first-order valence-electron chi connectivity index (χ1n) is 12.8. The lowest BCUT2D eigenvalue weighted by molar-refractivity contribution is -0.149. The minimum Gasteiger partial charge on any atom is -0.467 e. The molecule has 1 heterocycles. The highest BCUT2D eigenvalue weighted by Gasteiger charge is 2.40. The second-order valence-electron chi connectivity index (χ2n) is 10.0. The van der Waals surface area contributed by atoms with Gasteiger partial charge in [0.15, 0.2) is 6.10 Å². The fraction of sp³-hybridized carbons (Fsp3) is 0.345. The molecule has 0 radical (unpaired) electrons. The number of amides is 2. The van der Waals surface area contributed by atoms with E-state index < -0.39 is 37.4 Å². The zero-order chi connectivity index (χ0) is 28.2. The highest BCUT2D eigenvalue weighted by molar-refractivity contribution is 7.53. The van der Waals surface area contributed by atoms with Gasteiger partial charge >= 0.3 is 13.6 Å². The number of fused-ring (bicyclic) bond motifs is 1. The van der Waals surface area contributed by atoms with E-state index in [0.29, 0.717) is 11.1 Å². The Morgan fingerprint density at radius 3 is 2.49 bits per heavy atom. The SMILES string of the molecule is COC(=O)[C@H](Cc1ccccc1)OP(=O)(O)[C@H]1Cc2ccc3cccc(c3c2)CC(=O)N[C@@H](C(C)C)C(=O)N1. The van der Waals surface area contributed by atoms with Crippen LogP contribution < -0.4 is 10.6 Å². The van der Waals surface area contributed by atoms with Crippen LogP contribution in [0.15, 0.2) is 66.7 Å². The number of ether oxygens (including phenoxy) is 1. The molecule has 3 N–H and O–H groups in total. The molecule has 0 aromatic heterocycles. The van der Waals surface area contributed by atoms with Gasteiger partial charge in [-0.05, 0) is 33.4 Å². The molecule has 3 aromatic carbocycles. The van der Waals surface area contributed by atoms with Crippen LogP contribution in [0.4, 0.5) is 0 Å². The van der Waals surface area contributed by atoms with Gasteiger partial charge in [-0.1, -0.05) is 80.6 Å². The van der Waals surface area contributed by atoms with Crippen molar-refractivity contribution in [3.63, 3.8) is 0 Å². The summed E-state index contributed by atoms with van der Waals surface area (Å²) in [6, 6.07) is 19.1. The Hall–Kier alpha value is -3.52. The summed E-state index contributed by atoms with van der Waals surface area (Å²) in [6.07, 6.45) is -1.33. The van der Waals surface area contributed by atoms with E-state index in [2.05, 4.69) is 10.6 Å². The van der Waals surface area contributed by atoms with Gasteiger partial charge in [0.1, 0.15) is 11.8 Å². The van der Waals surface area contributed by atoms with Crippen LogP contribution in [0.1, 0.15) is 30.5 Å². The molecule has 1 aliphatic heterocycles. The van der Waals surface area contributed by atoms with Crippen LogP contribution in [0.3, 0.4) is 0 Å². The lowest BCUT2D eigenvalue weighted by Crippen LogP contribution is -2.53. The number of nitrogens with one attached hydrogen (secondary N) is 2. The highest BCUT2D eigenvalue weighted by atomic mass is 31.2. The van der Waals surface area contributed by atoms with Crippen LogP contribution in [0.5, 0.6) is 0 Å². The summed E-state index contributed by atoms with van der Waals surface area (Å²) >= 11 is 0. The first kappa shape index (κ1) is 28.5. The molecule has 1 aliphatic rings. The monoisotopic (exact) mass is 552 g/mol. The maximum atomic E-state index is 13.8. The maximum Gasteiger partial charge on any atom is 0.351 e. The van der Waals surface area contributed by atoms with Crippen molar-refractivity contribution in [2.24, 2.45) is 5.92 Å². The molecule has 1 unspecified atom stereocenters. The van der Waals surface area contributed by atoms with Crippen molar-refractivity contribution in [3.8, 4) is 0 Å². The van der Waals surface area contributed by atoms with Crippen LogP contribution in [-0.4, -0.2) is 47.7 Å². The number of hydrogen-bond acceptors (Lipinski definition) is 6. The summed E-state index contributed by atoms with van der Waals surface area (Å²) in [4.78, 5) is 50.1. The highest BCUT2D eigenvalue weighted by Crippen LogP contribution is 2.49. The number of esters is 1. The van der Waals surface area contributed by atoms with E-state index >= 15 is 0 Å². The van der Waals surface area contributed by atoms with Crippen molar-refractivity contribution >= 4 is 36.2 Å². The molecule has 0 aliphatic carbocycles. The second kappa shape index (κ2) is 12.1. The van der Waals surface area contributed by atoms with Crippen LogP contribution >= 0.6 is 7.60 Å². The zero-order valence-corrected chi connectivity index (χ0v) is 23.0. The third-order valence-corrected chi connectivity index (χ3v) is 8.45. The first-order chi connectivity index (χ1) is 18.6. The first-order valence-corrected chi connectivity index (χ1v) is 14.4. The van der Waals surface area contributed by atoms with Crippen LogP contribution in [0.25, 0.3) is 10.8 Å². The predicted molar refractivity (Wildman–Crippen MR) is 147 cm³/mol. The molecule has 2 bridgehead atoms. The smallest absolute Gasteiger partial charge is 0.351 e. The topological polar surface area (TPSA) is 131 Å². The van der Waals surface area contributed by atoms with Gasteiger partial charge in [0.2, 0.25) is 11.8 Å². The van der Waals surface area contributed by atoms with E-state index in [9.17, 15) is 23.8 Å². The van der Waals surface area contributed by atoms with Crippen molar-refractivity contribution in [1.29, 1.82) is 0 Å². The van der Waals surface area contributed by atoms with Crippen molar-refractivity contribution in [2.75, 3.05) is 7.11 Å². The van der Waals surface area contributed by atoms with E-state index in [1.807, 2.05) is 36.4 Å². The van der Waals surface area contributed by atoms with Crippen molar-refractivity contribution < 1.29 is 33.1 Å². The number of rotatable bonds is 7. The van der Waals surface area contributed by atoms with E-state index in [4.69, 9.17) is 9.26 Å². The Kier molecular flexibility index (Phi) is 8.85. The van der Waals surface area contributed by atoms with Gasteiger partial charge in [0.05, 0.1) is 13.5 Å². The van der Waals surface area contributed by atoms with Gasteiger partial charge in [-0.2, -0.15) is 0 Å². The molecule has 0 fully saturated rings. The van der Waals surface area contributed by atoms with E-state index in [1.165, 1.54) is 7.11 Å². The molecule has 0 spiro atoms. The average Bonchev–Trinajstić information content (AvgIpc) is 2.90. The molecule has 206 valence electrons. The molecule has 3 aromatic rings. The molecule has 4 atom stereocenters. The summed E-state index contributed by atoms with van der Waals surface area (Å²) in [5.41, 5.74) is 2.15. The molecule has 9 nitrogen and oxygen atoms in total. The molecular weight excluding hydrogens is 519 g/mol. The molecule has 39 heavy (non-hydrogen) atoms. The van der Waals surface area contributed by atoms with Gasteiger partial charge in [-0.25, -0.2) is 4.79 Å². The standard InChI is InChI=1S/C29H33N2O7P/c1-18(2)27-28(33)31-26(39(35,36)38-24(29(34)37-3)15-19-8-5-4-6-9-19)16-20-12-13-21-10-7-11-22(23(21)14-20)17-25(32)30-27/h4-14,18,24,26-27H,15-17H2,1-3H3,(H,30,32)(H,31,33)(H,35,36)/t24-,26-,27-/m0/s1. The molecule has 0 saturated carbocycles. The van der Waals surface area contributed by atoms with Crippen LogP contribution in [0, 0.1) is 5.92 Å². The summed E-state index contributed by atoms with van der Waals surface area (Å²) in [7, 11) is -3.50. The maximum absolute atomic E-state index is 13.8. The van der Waals surface area contributed by atoms with Gasteiger partial charge in [0, 0.05) is 12.8 Å². The zero-order valence-electron chi connectivity index (χ0n) is 22.1. The fourth-order valence-electron chi connectivity index (χ4n) is 4.70. The molecule has 2 amide bonds. The normalized spacial score (nSPS) is 20.3. The fourth-order valence-corrected chi connectivity index (χ4v) is 6.11. The quantitative estimate of drug-likeness (QED) is 0.302. The number of methoxy groups -OCH3 is 1. The van der Waals surface area contributed by atoms with Crippen molar-refractivity contribution in [2.45, 2.75) is 51.0 Å². The van der Waals surface area contributed by atoms with E-state index in [0.717, 1.165) is 16.3 Å². The molecule has 10 heteroatoms. The summed E-state index contributed by atoms with van der Waals surface area (Å²) in [6.45, 7) is 3.55. The largest absolute Gasteiger partial charge is 0.467 e. The van der Waals surface area contributed by atoms with Gasteiger partial charge < -0.3 is 20.3 Å². The number of carbonyl (C=O) groups excluding carboxylic acids is 3. The van der Waals surface area contributed by atoms with E-state index in [-0.39, 0.29) is 31.1 Å². The Morgan fingerprint density at radius 2 is 1.79 bits per heavy atom. The van der Waals surface area contributed by atoms with Crippen LogP contribution in [0.2, 0.25) is 0 Å². The molecule has 4 rings (SSSR count). The van der Waals surface area contributed by atoms with Gasteiger partial charge in [-0.15, -0.1) is 0 Å². The predicted octanol–water partition coefficient (Wildman–Crippen LogP) is 3.51. The van der Waals surface area contributed by atoms with Gasteiger partial charge in [-0.3, -0.25) is 18.7 Å². The van der Waals surface area contributed by atoms with Crippen molar-refractivity contribution in [3.05, 3.63) is 83.4 Å². The minimum absolute atomic E-state index is 0.00272. The molecule has 0 saturated heterocycles. The van der Waals surface area contributed by atoms with E-state index in [1.54, 1.807) is 44.2 Å². The summed E-state index contributed by atoms with van der Waals surface area (Å²) < 4.78 is 24.2. The van der Waals surface area contributed by atoms with Gasteiger partial charge in [0.25, 0.3) is 0 Å². The number of benzene rings is 3. The third-order valence-electron chi connectivity index (χ3n) is 6.79. The lowest BCUT2D eigenvalue weighted by atomic mass is 9.97. The van der Waals surface area contributed by atoms with Crippen molar-refractivity contribution in [1.82, 2.24) is 10.6 Å². The summed E-state index contributed by atoms with van der Waals surface area (Å²) in [5, 5.41) is 7.17. The summed E-state index contributed by atoms with van der Waals surface area (Å²) in [5.74, 6) is -3.46. The number of hydrogen-bond donors (Lipinski definition) is 3. The Balaban J connectivity index is 1.73. The second-order valence-corrected chi connectivity index (χ2v) is 12.0. The Labute approximate surface area is 227 Å². The number of carbonyl (C=O) groups is 3. The Bertz CT molecular complexity index is 1410. The lowest BCUT2D eigenvalue weighted by Gasteiger charge is -2.30. The average molecular weight is 553 g/mol. The third kappa shape index (κ3) is 6.92.